The van der Waals surface area contributed by atoms with E-state index in [0.29, 0.717) is 56.7 Å². The van der Waals surface area contributed by atoms with Gasteiger partial charge in [0.15, 0.2) is 5.75 Å². The molecule has 0 atom stereocenters. The van der Waals surface area contributed by atoms with Crippen molar-refractivity contribution in [1.82, 2.24) is 9.88 Å². The first-order valence-electron chi connectivity index (χ1n) is 10.7. The van der Waals surface area contributed by atoms with E-state index in [1.807, 2.05) is 18.2 Å². The number of nitrogens with zero attached hydrogens (tertiary/aromatic N) is 3. The zero-order chi connectivity index (χ0) is 22.9. The van der Waals surface area contributed by atoms with Crippen molar-refractivity contribution < 1.29 is 19.2 Å². The van der Waals surface area contributed by atoms with E-state index < -0.39 is 0 Å². The van der Waals surface area contributed by atoms with Gasteiger partial charge in [0.25, 0.3) is 0 Å². The second kappa shape index (κ2) is 8.94. The molecule has 3 aromatic rings. The van der Waals surface area contributed by atoms with Gasteiger partial charge in [-0.15, -0.1) is 0 Å². The maximum absolute atomic E-state index is 9.87. The Hall–Kier alpha value is -3.25. The number of pyridine rings is 1. The number of hydrogen-bond acceptors (Lipinski definition) is 8. The van der Waals surface area contributed by atoms with E-state index in [0.717, 1.165) is 31.5 Å². The lowest BCUT2D eigenvalue weighted by Gasteiger charge is -2.30. The quantitative estimate of drug-likeness (QED) is 0.536. The van der Waals surface area contributed by atoms with E-state index >= 15 is 0 Å². The third kappa shape index (κ3) is 4.11. The maximum Gasteiger partial charge on any atom is 0.195 e. The molecule has 1 aromatic heterocycles. The zero-order valence-electron chi connectivity index (χ0n) is 18.4. The molecule has 9 heteroatoms. The Morgan fingerprint density at radius 1 is 1.24 bits per heavy atom. The summed E-state index contributed by atoms with van der Waals surface area (Å²) in [5.41, 5.74) is 2.92. The summed E-state index contributed by atoms with van der Waals surface area (Å²) in [6.45, 7) is 2.25. The molecule has 5 rings (SSSR count). The summed E-state index contributed by atoms with van der Waals surface area (Å²) < 4.78 is 12.0. The molecule has 0 unspecified atom stereocenters. The van der Waals surface area contributed by atoms with Crippen LogP contribution in [0.2, 0.25) is 5.02 Å². The summed E-state index contributed by atoms with van der Waals surface area (Å²) in [6, 6.07) is 9.51. The first-order valence-corrected chi connectivity index (χ1v) is 11.1. The van der Waals surface area contributed by atoms with Gasteiger partial charge in [0.1, 0.15) is 36.0 Å². The van der Waals surface area contributed by atoms with Crippen molar-refractivity contribution in [3.05, 3.63) is 46.6 Å². The maximum atomic E-state index is 9.87. The van der Waals surface area contributed by atoms with Crippen LogP contribution in [0.4, 0.5) is 11.4 Å². The summed E-state index contributed by atoms with van der Waals surface area (Å²) in [6.07, 6.45) is 3.40. The Bertz CT molecular complexity index is 1250. The highest BCUT2D eigenvalue weighted by molar-refractivity contribution is 6.34. The lowest BCUT2D eigenvalue weighted by Crippen LogP contribution is -2.35. The smallest absolute Gasteiger partial charge is 0.195 e. The number of piperidine rings is 1. The van der Waals surface area contributed by atoms with E-state index in [2.05, 4.69) is 28.3 Å². The van der Waals surface area contributed by atoms with Gasteiger partial charge in [0, 0.05) is 37.0 Å². The minimum Gasteiger partial charge on any atom is -0.497 e. The van der Waals surface area contributed by atoms with Crippen LogP contribution in [0, 0.1) is 11.3 Å². The van der Waals surface area contributed by atoms with E-state index in [-0.39, 0.29) is 6.10 Å². The number of methoxy groups -OCH3 is 1. The number of halogens is 1. The first kappa shape index (κ1) is 21.6. The summed E-state index contributed by atoms with van der Waals surface area (Å²) in [7, 11) is 3.71. The van der Waals surface area contributed by atoms with Crippen LogP contribution in [0.25, 0.3) is 10.9 Å². The summed E-state index contributed by atoms with van der Waals surface area (Å²) >= 11 is 6.51. The molecule has 170 valence electrons. The van der Waals surface area contributed by atoms with Crippen molar-refractivity contribution in [2.75, 3.05) is 32.6 Å². The molecule has 2 aromatic carbocycles. The van der Waals surface area contributed by atoms with Crippen LogP contribution in [0.15, 0.2) is 30.5 Å². The number of anilines is 2. The Morgan fingerprint density at radius 2 is 2.06 bits per heavy atom. The third-order valence-corrected chi connectivity index (χ3v) is 6.33. The molecule has 0 bridgehead atoms. The molecule has 1 N–H and O–H groups in total. The minimum atomic E-state index is 0.0522. The fourth-order valence-electron chi connectivity index (χ4n) is 4.17. The van der Waals surface area contributed by atoms with Gasteiger partial charge in [0.2, 0.25) is 0 Å². The molecule has 0 amide bonds. The molecule has 0 radical (unpaired) electrons. The monoisotopic (exact) mass is 466 g/mol. The number of fused-ring (bicyclic) bond motifs is 2. The summed E-state index contributed by atoms with van der Waals surface area (Å²) in [4.78, 5) is 17.3. The van der Waals surface area contributed by atoms with Crippen LogP contribution in [-0.2, 0) is 11.5 Å². The molecule has 33 heavy (non-hydrogen) atoms. The van der Waals surface area contributed by atoms with Crippen molar-refractivity contribution >= 4 is 33.9 Å². The molecule has 3 heterocycles. The topological polar surface area (TPSA) is 88.9 Å². The second-order valence-electron chi connectivity index (χ2n) is 8.18. The lowest BCUT2D eigenvalue weighted by atomic mass is 10.1. The molecular weight excluding hydrogens is 444 g/mol. The fourth-order valence-corrected chi connectivity index (χ4v) is 4.37. The lowest BCUT2D eigenvalue weighted by molar-refractivity contribution is -0.194. The van der Waals surface area contributed by atoms with Crippen LogP contribution < -0.4 is 19.7 Å². The van der Waals surface area contributed by atoms with Crippen LogP contribution in [0.5, 0.6) is 17.2 Å². The summed E-state index contributed by atoms with van der Waals surface area (Å²) in [5, 5.41) is 14.3. The normalized spacial score (nSPS) is 16.2. The van der Waals surface area contributed by atoms with Gasteiger partial charge in [-0.25, -0.2) is 0 Å². The Kier molecular flexibility index (Phi) is 5.85. The number of rotatable bonds is 5. The fraction of sp³-hybridized carbons (Fsp3) is 0.333. The van der Waals surface area contributed by atoms with Gasteiger partial charge < -0.3 is 24.6 Å². The van der Waals surface area contributed by atoms with Crippen LogP contribution in [0.3, 0.4) is 0 Å². The Labute approximate surface area is 196 Å². The summed E-state index contributed by atoms with van der Waals surface area (Å²) in [5.74, 6) is 1.73. The number of nitriles is 1. The van der Waals surface area contributed by atoms with E-state index in [1.54, 1.807) is 13.2 Å². The predicted octanol–water partition coefficient (Wildman–Crippen LogP) is 4.81. The largest absolute Gasteiger partial charge is 0.497 e. The number of aromatic nitrogens is 1. The molecular formula is C24H23ClN4O4. The van der Waals surface area contributed by atoms with Gasteiger partial charge in [0.05, 0.1) is 34.3 Å². The van der Waals surface area contributed by atoms with Crippen LogP contribution in [-0.4, -0.2) is 43.2 Å². The molecule has 8 nitrogen and oxygen atoms in total. The average molecular weight is 467 g/mol. The van der Waals surface area contributed by atoms with Gasteiger partial charge in [-0.2, -0.15) is 10.1 Å². The van der Waals surface area contributed by atoms with Gasteiger partial charge in [-0.3, -0.25) is 4.98 Å². The van der Waals surface area contributed by atoms with Gasteiger partial charge in [-0.1, -0.05) is 17.7 Å². The number of benzene rings is 2. The molecule has 2 aliphatic heterocycles. The van der Waals surface area contributed by atoms with Crippen molar-refractivity contribution in [2.24, 2.45) is 0 Å². The van der Waals surface area contributed by atoms with Crippen LogP contribution >= 0.6 is 11.6 Å². The van der Waals surface area contributed by atoms with E-state index in [4.69, 9.17) is 30.8 Å². The first-order chi connectivity index (χ1) is 16.1. The SMILES string of the molecule is COc1cc(OC2CCN(C)CC2)c2c(Nc3c(Cl)ccc4c3OOC4)c(C#N)cnc2c1. The van der Waals surface area contributed by atoms with Gasteiger partial charge >= 0.3 is 0 Å². The van der Waals surface area contributed by atoms with E-state index in [1.165, 1.54) is 6.20 Å². The molecule has 2 aliphatic rings. The molecule has 0 saturated carbocycles. The highest BCUT2D eigenvalue weighted by Gasteiger charge is 2.25. The number of ether oxygens (including phenoxy) is 2. The number of likely N-dealkylation sites (tertiary alicyclic amines) is 1. The molecule has 0 aliphatic carbocycles. The van der Waals surface area contributed by atoms with Crippen molar-refractivity contribution in [2.45, 2.75) is 25.6 Å². The van der Waals surface area contributed by atoms with Crippen LogP contribution in [0.1, 0.15) is 24.0 Å². The number of hydrogen-bond donors (Lipinski definition) is 1. The zero-order valence-corrected chi connectivity index (χ0v) is 19.1. The minimum absolute atomic E-state index is 0.0522. The Morgan fingerprint density at radius 3 is 2.82 bits per heavy atom. The molecule has 0 spiro atoms. The molecule has 1 saturated heterocycles. The van der Waals surface area contributed by atoms with Crippen molar-refractivity contribution in [3.63, 3.8) is 0 Å². The highest BCUT2D eigenvalue weighted by atomic mass is 35.5. The standard InChI is InChI=1S/C24H23ClN4O4/c1-29-7-5-16(6-8-29)32-20-10-17(30-2)9-19-21(20)22(15(11-26)12-27-19)28-23-18(25)4-3-14-13-31-33-24(14)23/h3-4,9-10,12,16H,5-8,13H2,1-2H3,(H,27,28). The van der Waals surface area contributed by atoms with Gasteiger partial charge in [-0.05, 0) is 26.0 Å². The molecule has 1 fully saturated rings. The third-order valence-electron chi connectivity index (χ3n) is 6.02. The van der Waals surface area contributed by atoms with Crippen molar-refractivity contribution in [1.29, 1.82) is 5.26 Å². The highest BCUT2D eigenvalue weighted by Crippen LogP contribution is 2.45. The average Bonchev–Trinajstić information content (AvgIpc) is 3.31. The predicted molar refractivity (Wildman–Crippen MR) is 124 cm³/mol. The number of nitrogens with one attached hydrogen (secondary N) is 1. The van der Waals surface area contributed by atoms with Crippen molar-refractivity contribution in [3.8, 4) is 23.3 Å². The Balaban J connectivity index is 1.65. The van der Waals surface area contributed by atoms with E-state index in [9.17, 15) is 5.26 Å². The second-order valence-corrected chi connectivity index (χ2v) is 8.59.